The molecule has 0 bridgehead atoms. The van der Waals surface area contributed by atoms with Crippen molar-refractivity contribution in [2.45, 2.75) is 6.04 Å². The van der Waals surface area contributed by atoms with Crippen LogP contribution in [-0.4, -0.2) is 23.4 Å². The van der Waals surface area contributed by atoms with Gasteiger partial charge in [-0.2, -0.15) is 10.4 Å². The Kier molecular flexibility index (Phi) is 1.92. The summed E-state index contributed by atoms with van der Waals surface area (Å²) in [6, 6.07) is 0.0567. The number of ketones is 1. The summed E-state index contributed by atoms with van der Waals surface area (Å²) in [6.07, 6.45) is 0. The molecule has 1 aliphatic rings. The number of hydrogen-bond acceptors (Lipinski definition) is 6. The summed E-state index contributed by atoms with van der Waals surface area (Å²) in [4.78, 5) is 21.5. The van der Waals surface area contributed by atoms with Crippen LogP contribution in [0.25, 0.3) is 0 Å². The molecule has 1 aliphatic heterocycles. The smallest absolute Gasteiger partial charge is 0.292 e. The van der Waals surface area contributed by atoms with E-state index >= 15 is 0 Å². The molecule has 1 atom stereocenters. The molecule has 12 heavy (non-hydrogen) atoms. The van der Waals surface area contributed by atoms with Gasteiger partial charge in [0.2, 0.25) is 0 Å². The summed E-state index contributed by atoms with van der Waals surface area (Å²) >= 11 is 0. The second kappa shape index (κ2) is 2.87. The molecule has 7 nitrogen and oxygen atoms in total. The summed E-state index contributed by atoms with van der Waals surface area (Å²) in [7, 11) is 0. The zero-order valence-electron chi connectivity index (χ0n) is 5.74. The topological polar surface area (TPSA) is 119 Å². The van der Waals surface area contributed by atoms with Crippen molar-refractivity contribution in [3.05, 3.63) is 0 Å². The summed E-state index contributed by atoms with van der Waals surface area (Å²) in [5, 5.41) is 21.5. The molecule has 0 saturated carbocycles. The number of nitriles is 1. The molecule has 1 heterocycles. The Balaban J connectivity index is 2.93. The molecule has 0 aromatic carbocycles. The maximum Gasteiger partial charge on any atom is 0.311 e. The van der Waals surface area contributed by atoms with E-state index in [4.69, 9.17) is 10.7 Å². The van der Waals surface area contributed by atoms with E-state index in [-0.39, 0.29) is 0 Å². The van der Waals surface area contributed by atoms with E-state index in [0.29, 0.717) is 0 Å². The first kappa shape index (κ1) is 8.00. The molecule has 0 saturated heterocycles. The van der Waals surface area contributed by atoms with Gasteiger partial charge in [0.1, 0.15) is 11.8 Å². The van der Waals surface area contributed by atoms with Crippen LogP contribution < -0.4 is 5.43 Å². The predicted molar refractivity (Wildman–Crippen MR) is 35.1 cm³/mol. The number of amides is 1. The van der Waals surface area contributed by atoms with E-state index in [1.165, 1.54) is 6.07 Å². The van der Waals surface area contributed by atoms with Crippen LogP contribution in [-0.2, 0) is 9.59 Å². The van der Waals surface area contributed by atoms with E-state index < -0.39 is 23.4 Å². The van der Waals surface area contributed by atoms with Crippen molar-refractivity contribution in [1.29, 1.82) is 10.7 Å². The molecule has 0 fully saturated rings. The van der Waals surface area contributed by atoms with Crippen LogP contribution in [0, 0.1) is 16.7 Å². The van der Waals surface area contributed by atoms with E-state index in [0.717, 1.165) is 0 Å². The van der Waals surface area contributed by atoms with Gasteiger partial charge in [-0.25, -0.2) is 5.43 Å². The number of carbonyl (C=O) groups is 2. The summed E-state index contributed by atoms with van der Waals surface area (Å²) in [5.41, 5.74) is 1.22. The van der Waals surface area contributed by atoms with Gasteiger partial charge in [0.05, 0.1) is 0 Å². The minimum Gasteiger partial charge on any atom is -0.292 e. The number of Topliss-reactive ketones (excluding diaryl/α,β-unsaturated/α-hetero) is 1. The lowest BCUT2D eigenvalue weighted by molar-refractivity contribution is -0.138. The van der Waals surface area contributed by atoms with Gasteiger partial charge in [-0.05, 0) is 0 Å². The van der Waals surface area contributed by atoms with Crippen molar-refractivity contribution >= 4 is 17.4 Å². The van der Waals surface area contributed by atoms with Gasteiger partial charge in [-0.15, -0.1) is 0 Å². The molecule has 2 N–H and O–H groups in total. The maximum atomic E-state index is 10.9. The van der Waals surface area contributed by atoms with E-state index in [1.807, 2.05) is 0 Å². The third-order valence-corrected chi connectivity index (χ3v) is 1.19. The molecular formula is C5H3N5O2. The maximum absolute atomic E-state index is 10.9. The quantitative estimate of drug-likeness (QED) is 0.381. The molecular weight excluding hydrogens is 162 g/mol. The van der Waals surface area contributed by atoms with Crippen molar-refractivity contribution < 1.29 is 9.59 Å². The highest BCUT2D eigenvalue weighted by Gasteiger charge is 2.32. The second-order valence-electron chi connectivity index (χ2n) is 1.95. The standard InChI is InChI=1S/C5H3N5O2/c6-1-2(7)3-4(11)5(12)9-10-8-3/h3,7H,(H,8,9,12). The molecule has 60 valence electrons. The number of carbonyl (C=O) groups excluding carboxylic acids is 2. The lowest BCUT2D eigenvalue weighted by Crippen LogP contribution is -2.41. The number of hydrogen-bond donors (Lipinski definition) is 2. The zero-order chi connectivity index (χ0) is 9.14. The largest absolute Gasteiger partial charge is 0.311 e. The van der Waals surface area contributed by atoms with Gasteiger partial charge in [0.15, 0.2) is 6.04 Å². The van der Waals surface area contributed by atoms with Crippen molar-refractivity contribution in [2.75, 3.05) is 0 Å². The zero-order valence-corrected chi connectivity index (χ0v) is 5.74. The lowest BCUT2D eigenvalue weighted by atomic mass is 10.1. The fraction of sp³-hybridized carbons (Fsp3) is 0.200. The average molecular weight is 165 g/mol. The van der Waals surface area contributed by atoms with Gasteiger partial charge in [0, 0.05) is 0 Å². The fourth-order valence-corrected chi connectivity index (χ4v) is 0.614. The summed E-state index contributed by atoms with van der Waals surface area (Å²) in [5.74, 6) is -1.88. The van der Waals surface area contributed by atoms with Crippen LogP contribution in [0.4, 0.5) is 0 Å². The first-order chi connectivity index (χ1) is 5.66. The Morgan fingerprint density at radius 2 is 2.33 bits per heavy atom. The molecule has 1 rings (SSSR count). The van der Waals surface area contributed by atoms with Gasteiger partial charge in [0.25, 0.3) is 5.78 Å². The Morgan fingerprint density at radius 1 is 1.67 bits per heavy atom. The van der Waals surface area contributed by atoms with Crippen LogP contribution >= 0.6 is 0 Å². The average Bonchev–Trinajstić information content (AvgIpc) is 2.08. The Bertz CT molecular complexity index is 325. The van der Waals surface area contributed by atoms with Crippen molar-refractivity contribution in [3.8, 4) is 6.07 Å². The van der Waals surface area contributed by atoms with Gasteiger partial charge >= 0.3 is 5.91 Å². The van der Waals surface area contributed by atoms with Crippen molar-refractivity contribution in [1.82, 2.24) is 5.43 Å². The molecule has 0 radical (unpaired) electrons. The van der Waals surface area contributed by atoms with Crippen molar-refractivity contribution in [3.63, 3.8) is 0 Å². The monoisotopic (exact) mass is 165 g/mol. The molecule has 1 amide bonds. The first-order valence-electron chi connectivity index (χ1n) is 2.89. The summed E-state index contributed by atoms with van der Waals surface area (Å²) < 4.78 is 0. The van der Waals surface area contributed by atoms with Crippen molar-refractivity contribution in [2.24, 2.45) is 10.3 Å². The molecule has 0 aromatic heterocycles. The first-order valence-corrected chi connectivity index (χ1v) is 2.89. The molecule has 0 spiro atoms. The number of rotatable bonds is 1. The van der Waals surface area contributed by atoms with E-state index in [9.17, 15) is 9.59 Å². The highest BCUT2D eigenvalue weighted by Crippen LogP contribution is 2.00. The Hall–Kier alpha value is -2.10. The minimum atomic E-state index is -1.36. The van der Waals surface area contributed by atoms with E-state index in [1.54, 1.807) is 5.43 Å². The van der Waals surface area contributed by atoms with E-state index in [2.05, 4.69) is 10.3 Å². The highest BCUT2D eigenvalue weighted by atomic mass is 16.2. The van der Waals surface area contributed by atoms with Crippen LogP contribution in [0.1, 0.15) is 0 Å². The Morgan fingerprint density at radius 3 is 2.92 bits per heavy atom. The third kappa shape index (κ3) is 1.17. The third-order valence-electron chi connectivity index (χ3n) is 1.19. The van der Waals surface area contributed by atoms with Crippen LogP contribution in [0.2, 0.25) is 0 Å². The predicted octanol–water partition coefficient (Wildman–Crippen LogP) is -1.04. The van der Waals surface area contributed by atoms with Crippen LogP contribution in [0.3, 0.4) is 0 Å². The van der Waals surface area contributed by atoms with Gasteiger partial charge < -0.3 is 0 Å². The van der Waals surface area contributed by atoms with Gasteiger partial charge in [-0.3, -0.25) is 15.0 Å². The summed E-state index contributed by atoms with van der Waals surface area (Å²) in [6.45, 7) is 0. The molecule has 7 heteroatoms. The fourth-order valence-electron chi connectivity index (χ4n) is 0.614. The SMILES string of the molecule is N#CC(=N)C1N=NNC(=O)C1=O. The Labute approximate surface area is 66.6 Å². The normalized spacial score (nSPS) is 21.4. The lowest BCUT2D eigenvalue weighted by Gasteiger charge is -2.08. The second-order valence-corrected chi connectivity index (χ2v) is 1.95. The number of nitrogens with zero attached hydrogens (tertiary/aromatic N) is 3. The number of nitrogens with one attached hydrogen (secondary N) is 2. The minimum absolute atomic E-state index is 0.585. The molecule has 0 aromatic rings. The van der Waals surface area contributed by atoms with Crippen LogP contribution in [0.15, 0.2) is 10.3 Å². The highest BCUT2D eigenvalue weighted by molar-refractivity contribution is 6.43. The van der Waals surface area contributed by atoms with Crippen LogP contribution in [0.5, 0.6) is 0 Å². The van der Waals surface area contributed by atoms with Gasteiger partial charge in [-0.1, -0.05) is 5.22 Å². The molecule has 1 unspecified atom stereocenters. The molecule has 0 aliphatic carbocycles.